The minimum absolute atomic E-state index is 0.0872. The first kappa shape index (κ1) is 17.6. The lowest BCUT2D eigenvalue weighted by Crippen LogP contribution is -2.35. The van der Waals surface area contributed by atoms with E-state index in [1.54, 1.807) is 36.4 Å². The largest absolute Gasteiger partial charge is 0.335 e. The average molecular weight is 354 g/mol. The summed E-state index contributed by atoms with van der Waals surface area (Å²) in [4.78, 5) is 16.2. The van der Waals surface area contributed by atoms with E-state index in [4.69, 9.17) is 4.52 Å². The molecular formula is C19H19FN4O2. The first-order valence-corrected chi connectivity index (χ1v) is 8.32. The lowest BCUT2D eigenvalue weighted by Gasteiger charge is -2.12. The predicted octanol–water partition coefficient (Wildman–Crippen LogP) is 4.46. The van der Waals surface area contributed by atoms with Crippen molar-refractivity contribution >= 4 is 11.7 Å². The number of amides is 2. The zero-order chi connectivity index (χ0) is 18.5. The van der Waals surface area contributed by atoms with Crippen LogP contribution in [0.5, 0.6) is 0 Å². The quantitative estimate of drug-likeness (QED) is 0.709. The molecule has 0 saturated carbocycles. The molecule has 0 aliphatic heterocycles. The highest BCUT2D eigenvalue weighted by Crippen LogP contribution is 2.24. The van der Waals surface area contributed by atoms with Gasteiger partial charge in [0.1, 0.15) is 5.82 Å². The SMILES string of the molecule is CCC(C)NC(=O)Nc1cccc(-c2noc(-c3cccc(F)c3)n2)c1. The maximum Gasteiger partial charge on any atom is 0.319 e. The molecule has 0 aliphatic carbocycles. The normalized spacial score (nSPS) is 11.8. The van der Waals surface area contributed by atoms with Crippen LogP contribution in [0.3, 0.4) is 0 Å². The number of carbonyl (C=O) groups excluding carboxylic acids is 1. The molecule has 2 N–H and O–H groups in total. The van der Waals surface area contributed by atoms with Crippen molar-refractivity contribution in [1.29, 1.82) is 0 Å². The Labute approximate surface area is 150 Å². The number of carbonyl (C=O) groups is 1. The van der Waals surface area contributed by atoms with Crippen LogP contribution in [0, 0.1) is 5.82 Å². The molecule has 0 fully saturated rings. The number of aromatic nitrogens is 2. The molecule has 1 atom stereocenters. The van der Waals surface area contributed by atoms with Crippen LogP contribution in [0.25, 0.3) is 22.8 Å². The maximum absolute atomic E-state index is 13.3. The van der Waals surface area contributed by atoms with E-state index in [1.165, 1.54) is 12.1 Å². The van der Waals surface area contributed by atoms with E-state index in [0.29, 0.717) is 22.6 Å². The van der Waals surface area contributed by atoms with Crippen LogP contribution in [0.15, 0.2) is 53.1 Å². The van der Waals surface area contributed by atoms with Crippen molar-refractivity contribution in [2.75, 3.05) is 5.32 Å². The molecule has 6 nitrogen and oxygen atoms in total. The van der Waals surface area contributed by atoms with Gasteiger partial charge in [-0.2, -0.15) is 4.98 Å². The first-order valence-electron chi connectivity index (χ1n) is 8.32. The molecule has 2 aromatic carbocycles. The summed E-state index contributed by atoms with van der Waals surface area (Å²) >= 11 is 0. The van der Waals surface area contributed by atoms with Crippen LogP contribution in [-0.4, -0.2) is 22.2 Å². The van der Waals surface area contributed by atoms with Crippen LogP contribution in [-0.2, 0) is 0 Å². The standard InChI is InChI=1S/C19H19FN4O2/c1-3-12(2)21-19(25)22-16-9-5-6-13(11-16)17-23-18(26-24-17)14-7-4-8-15(20)10-14/h4-12H,3H2,1-2H3,(H2,21,22,25). The van der Waals surface area contributed by atoms with Crippen molar-refractivity contribution in [2.45, 2.75) is 26.3 Å². The molecular weight excluding hydrogens is 335 g/mol. The summed E-state index contributed by atoms with van der Waals surface area (Å²) in [6, 6.07) is 12.9. The molecule has 1 aromatic heterocycles. The smallest absolute Gasteiger partial charge is 0.319 e. The number of nitrogens with one attached hydrogen (secondary N) is 2. The minimum Gasteiger partial charge on any atom is -0.335 e. The second kappa shape index (κ2) is 7.77. The maximum atomic E-state index is 13.3. The summed E-state index contributed by atoms with van der Waals surface area (Å²) < 4.78 is 18.6. The van der Waals surface area contributed by atoms with Crippen molar-refractivity contribution in [1.82, 2.24) is 15.5 Å². The van der Waals surface area contributed by atoms with Crippen LogP contribution in [0.1, 0.15) is 20.3 Å². The van der Waals surface area contributed by atoms with Gasteiger partial charge in [0.05, 0.1) is 0 Å². The van der Waals surface area contributed by atoms with Crippen molar-refractivity contribution in [3.63, 3.8) is 0 Å². The Hall–Kier alpha value is -3.22. The third-order valence-corrected chi connectivity index (χ3v) is 3.87. The second-order valence-electron chi connectivity index (χ2n) is 5.92. The zero-order valence-corrected chi connectivity index (χ0v) is 14.5. The molecule has 134 valence electrons. The highest BCUT2D eigenvalue weighted by molar-refractivity contribution is 5.90. The van der Waals surface area contributed by atoms with Crippen molar-refractivity contribution in [3.8, 4) is 22.8 Å². The molecule has 0 aliphatic rings. The topological polar surface area (TPSA) is 80.0 Å². The van der Waals surface area contributed by atoms with Crippen molar-refractivity contribution in [3.05, 3.63) is 54.3 Å². The Morgan fingerprint density at radius 1 is 1.19 bits per heavy atom. The molecule has 2 amide bonds. The van der Waals surface area contributed by atoms with Gasteiger partial charge in [0.15, 0.2) is 0 Å². The highest BCUT2D eigenvalue weighted by atomic mass is 19.1. The lowest BCUT2D eigenvalue weighted by atomic mass is 10.2. The second-order valence-corrected chi connectivity index (χ2v) is 5.92. The molecule has 3 aromatic rings. The average Bonchev–Trinajstić information content (AvgIpc) is 3.12. The number of anilines is 1. The van der Waals surface area contributed by atoms with Gasteiger partial charge < -0.3 is 15.2 Å². The number of rotatable bonds is 5. The predicted molar refractivity (Wildman–Crippen MR) is 97.0 cm³/mol. The number of urea groups is 1. The molecule has 26 heavy (non-hydrogen) atoms. The lowest BCUT2D eigenvalue weighted by molar-refractivity contribution is 0.249. The summed E-state index contributed by atoms with van der Waals surface area (Å²) in [5.41, 5.74) is 1.80. The van der Waals surface area contributed by atoms with Gasteiger partial charge in [0.2, 0.25) is 5.82 Å². The Kier molecular flexibility index (Phi) is 5.26. The van der Waals surface area contributed by atoms with E-state index < -0.39 is 0 Å². The summed E-state index contributed by atoms with van der Waals surface area (Å²) in [6.45, 7) is 3.93. The highest BCUT2D eigenvalue weighted by Gasteiger charge is 2.12. The molecule has 3 rings (SSSR count). The Morgan fingerprint density at radius 2 is 1.96 bits per heavy atom. The van der Waals surface area contributed by atoms with Crippen LogP contribution >= 0.6 is 0 Å². The molecule has 1 unspecified atom stereocenters. The van der Waals surface area contributed by atoms with Gasteiger partial charge in [-0.25, -0.2) is 9.18 Å². The van der Waals surface area contributed by atoms with Gasteiger partial charge in [-0.05, 0) is 43.7 Å². The van der Waals surface area contributed by atoms with Gasteiger partial charge in [0, 0.05) is 22.9 Å². The third kappa shape index (κ3) is 4.24. The van der Waals surface area contributed by atoms with Gasteiger partial charge in [-0.15, -0.1) is 0 Å². The Balaban J connectivity index is 1.77. The number of hydrogen-bond donors (Lipinski definition) is 2. The summed E-state index contributed by atoms with van der Waals surface area (Å²) in [5, 5.41) is 9.55. The number of halogens is 1. The number of hydrogen-bond acceptors (Lipinski definition) is 4. The van der Waals surface area contributed by atoms with E-state index in [0.717, 1.165) is 6.42 Å². The minimum atomic E-state index is -0.374. The van der Waals surface area contributed by atoms with E-state index in [2.05, 4.69) is 20.8 Å². The van der Waals surface area contributed by atoms with Crippen LogP contribution in [0.4, 0.5) is 14.9 Å². The van der Waals surface area contributed by atoms with Crippen LogP contribution in [0.2, 0.25) is 0 Å². The van der Waals surface area contributed by atoms with Gasteiger partial charge in [0.25, 0.3) is 5.89 Å². The van der Waals surface area contributed by atoms with Crippen molar-refractivity contribution in [2.24, 2.45) is 0 Å². The Bertz CT molecular complexity index is 910. The monoisotopic (exact) mass is 354 g/mol. The van der Waals surface area contributed by atoms with E-state index >= 15 is 0 Å². The summed E-state index contributed by atoms with van der Waals surface area (Å²) in [5.74, 6) is 0.211. The third-order valence-electron chi connectivity index (χ3n) is 3.87. The van der Waals surface area contributed by atoms with Gasteiger partial charge in [-0.1, -0.05) is 30.3 Å². The molecule has 0 saturated heterocycles. The number of nitrogens with zero attached hydrogens (tertiary/aromatic N) is 2. The van der Waals surface area contributed by atoms with Gasteiger partial charge in [-0.3, -0.25) is 0 Å². The zero-order valence-electron chi connectivity index (χ0n) is 14.5. The fourth-order valence-electron chi connectivity index (χ4n) is 2.31. The molecule has 0 radical (unpaired) electrons. The molecule has 7 heteroatoms. The number of benzene rings is 2. The molecule has 0 spiro atoms. The van der Waals surface area contributed by atoms with E-state index in [1.807, 2.05) is 13.8 Å². The van der Waals surface area contributed by atoms with Gasteiger partial charge >= 0.3 is 6.03 Å². The van der Waals surface area contributed by atoms with Crippen molar-refractivity contribution < 1.29 is 13.7 Å². The van der Waals surface area contributed by atoms with Crippen LogP contribution < -0.4 is 10.6 Å². The fourth-order valence-corrected chi connectivity index (χ4v) is 2.31. The Morgan fingerprint density at radius 3 is 2.73 bits per heavy atom. The fraction of sp³-hybridized carbons (Fsp3) is 0.211. The summed E-state index contributed by atoms with van der Waals surface area (Å²) in [6.07, 6.45) is 0.846. The van der Waals surface area contributed by atoms with E-state index in [9.17, 15) is 9.18 Å². The molecule has 0 bridgehead atoms. The van der Waals surface area contributed by atoms with E-state index in [-0.39, 0.29) is 23.8 Å². The molecule has 1 heterocycles. The first-order chi connectivity index (χ1) is 12.5. The summed E-state index contributed by atoms with van der Waals surface area (Å²) in [7, 11) is 0.